The van der Waals surface area contributed by atoms with Crippen molar-refractivity contribution >= 4 is 23.1 Å². The molecule has 0 saturated carbocycles. The lowest BCUT2D eigenvalue weighted by molar-refractivity contribution is -0.121. The van der Waals surface area contributed by atoms with Crippen LogP contribution in [0.5, 0.6) is 0 Å². The molecular weight excluding hydrogens is 296 g/mol. The van der Waals surface area contributed by atoms with Crippen molar-refractivity contribution in [3.05, 3.63) is 39.5 Å². The molecule has 0 spiro atoms. The van der Waals surface area contributed by atoms with Crippen LogP contribution in [0, 0.1) is 13.8 Å². The van der Waals surface area contributed by atoms with Crippen molar-refractivity contribution in [3.63, 3.8) is 0 Å². The van der Waals surface area contributed by atoms with Crippen molar-refractivity contribution in [3.8, 4) is 0 Å². The summed E-state index contributed by atoms with van der Waals surface area (Å²) in [6, 6.07) is 4.01. The molecule has 1 amide bonds. The average molecular weight is 318 g/mol. The van der Waals surface area contributed by atoms with Gasteiger partial charge in [-0.15, -0.1) is 11.3 Å². The number of nitrogens with one attached hydrogen (secondary N) is 1. The van der Waals surface area contributed by atoms with Crippen LogP contribution in [-0.2, 0) is 17.8 Å². The molecule has 2 heterocycles. The Morgan fingerprint density at radius 3 is 2.73 bits per heavy atom. The third kappa shape index (κ3) is 4.53. The number of carbonyl (C=O) groups is 1. The monoisotopic (exact) mass is 318 g/mol. The van der Waals surface area contributed by atoms with Crippen LogP contribution in [0.2, 0.25) is 0 Å². The van der Waals surface area contributed by atoms with Crippen LogP contribution in [0.15, 0.2) is 17.5 Å². The highest BCUT2D eigenvalue weighted by atomic mass is 32.1. The van der Waals surface area contributed by atoms with Crippen LogP contribution in [0.3, 0.4) is 0 Å². The maximum atomic E-state index is 12.0. The molecule has 0 aliphatic rings. The van der Waals surface area contributed by atoms with Crippen molar-refractivity contribution in [2.45, 2.75) is 33.2 Å². The molecule has 0 aromatic carbocycles. The number of anilines is 1. The average Bonchev–Trinajstić information content (AvgIpc) is 2.87. The Morgan fingerprint density at radius 1 is 1.32 bits per heavy atom. The highest BCUT2D eigenvalue weighted by Gasteiger charge is 2.08. The molecule has 2 aromatic heterocycles. The van der Waals surface area contributed by atoms with Crippen LogP contribution in [0.1, 0.15) is 28.4 Å². The van der Waals surface area contributed by atoms with E-state index in [1.165, 1.54) is 10.4 Å². The molecule has 0 radical (unpaired) electrons. The minimum absolute atomic E-state index is 0.0318. The van der Waals surface area contributed by atoms with Crippen molar-refractivity contribution < 1.29 is 4.79 Å². The Balaban J connectivity index is 1.87. The van der Waals surface area contributed by atoms with Gasteiger partial charge in [0.05, 0.1) is 6.54 Å². The molecule has 118 valence electrons. The van der Waals surface area contributed by atoms with Crippen molar-refractivity contribution in [1.82, 2.24) is 15.3 Å². The number of amides is 1. The molecular formula is C16H22N4OS. The van der Waals surface area contributed by atoms with E-state index in [4.69, 9.17) is 0 Å². The number of nitrogens with zero attached hydrogens (tertiary/aromatic N) is 3. The molecule has 5 nitrogen and oxygen atoms in total. The fourth-order valence-corrected chi connectivity index (χ4v) is 2.98. The lowest BCUT2D eigenvalue weighted by atomic mass is 10.2. The SMILES string of the molecule is Cc1cc(N(C)C)nc(CNC(=O)CCc2sccc2C)n1. The van der Waals surface area contributed by atoms with Crippen molar-refractivity contribution in [1.29, 1.82) is 0 Å². The number of carbonyl (C=O) groups excluding carboxylic acids is 1. The van der Waals surface area contributed by atoms with Crippen molar-refractivity contribution in [2.24, 2.45) is 0 Å². The second-order valence-electron chi connectivity index (χ2n) is 5.48. The van der Waals surface area contributed by atoms with Gasteiger partial charge in [-0.3, -0.25) is 4.79 Å². The van der Waals surface area contributed by atoms with Gasteiger partial charge in [0.15, 0.2) is 0 Å². The van der Waals surface area contributed by atoms with E-state index in [0.29, 0.717) is 18.8 Å². The van der Waals surface area contributed by atoms with E-state index >= 15 is 0 Å². The molecule has 0 unspecified atom stereocenters. The number of aryl methyl sites for hydroxylation is 3. The maximum Gasteiger partial charge on any atom is 0.220 e. The number of rotatable bonds is 6. The number of aromatic nitrogens is 2. The summed E-state index contributed by atoms with van der Waals surface area (Å²) in [5.41, 5.74) is 2.16. The summed E-state index contributed by atoms with van der Waals surface area (Å²) >= 11 is 1.70. The topological polar surface area (TPSA) is 58.1 Å². The van der Waals surface area contributed by atoms with E-state index in [-0.39, 0.29) is 5.91 Å². The Kier molecular flexibility index (Phi) is 5.49. The highest BCUT2D eigenvalue weighted by Crippen LogP contribution is 2.17. The first-order valence-electron chi connectivity index (χ1n) is 7.27. The first kappa shape index (κ1) is 16.4. The van der Waals surface area contributed by atoms with E-state index in [9.17, 15) is 4.79 Å². The Hall–Kier alpha value is -1.95. The summed E-state index contributed by atoms with van der Waals surface area (Å²) in [5, 5.41) is 4.96. The van der Waals surface area contributed by atoms with Gasteiger partial charge in [0.25, 0.3) is 0 Å². The fourth-order valence-electron chi connectivity index (χ4n) is 2.07. The summed E-state index contributed by atoms with van der Waals surface area (Å²) in [6.07, 6.45) is 1.28. The van der Waals surface area contributed by atoms with Crippen LogP contribution >= 0.6 is 11.3 Å². The van der Waals surface area contributed by atoms with Gasteiger partial charge in [0.1, 0.15) is 11.6 Å². The predicted molar refractivity (Wildman–Crippen MR) is 90.3 cm³/mol. The second-order valence-corrected chi connectivity index (χ2v) is 6.48. The summed E-state index contributed by atoms with van der Waals surface area (Å²) in [5.74, 6) is 1.53. The molecule has 0 atom stereocenters. The van der Waals surface area contributed by atoms with Crippen molar-refractivity contribution in [2.75, 3.05) is 19.0 Å². The smallest absolute Gasteiger partial charge is 0.220 e. The largest absolute Gasteiger partial charge is 0.363 e. The number of hydrogen-bond acceptors (Lipinski definition) is 5. The van der Waals surface area contributed by atoms with E-state index in [2.05, 4.69) is 33.7 Å². The van der Waals surface area contributed by atoms with E-state index < -0.39 is 0 Å². The normalized spacial score (nSPS) is 10.5. The Labute approximate surface area is 135 Å². The number of hydrogen-bond donors (Lipinski definition) is 1. The molecule has 0 aliphatic heterocycles. The first-order chi connectivity index (χ1) is 10.5. The minimum atomic E-state index is 0.0318. The zero-order valence-electron chi connectivity index (χ0n) is 13.5. The Bertz CT molecular complexity index is 651. The lowest BCUT2D eigenvalue weighted by Gasteiger charge is -2.13. The van der Waals surface area contributed by atoms with E-state index in [1.807, 2.05) is 32.0 Å². The molecule has 1 N–H and O–H groups in total. The maximum absolute atomic E-state index is 12.0. The predicted octanol–water partition coefficient (Wildman–Crippen LogP) is 2.47. The molecule has 22 heavy (non-hydrogen) atoms. The first-order valence-corrected chi connectivity index (χ1v) is 8.15. The van der Waals surface area contributed by atoms with Gasteiger partial charge in [0.2, 0.25) is 5.91 Å². The van der Waals surface area contributed by atoms with Gasteiger partial charge < -0.3 is 10.2 Å². The zero-order valence-corrected chi connectivity index (χ0v) is 14.3. The molecule has 0 aliphatic carbocycles. The second kappa shape index (κ2) is 7.35. The molecule has 0 bridgehead atoms. The third-order valence-corrected chi connectivity index (χ3v) is 4.42. The van der Waals surface area contributed by atoms with Gasteiger partial charge in [-0.05, 0) is 37.3 Å². The van der Waals surface area contributed by atoms with Gasteiger partial charge in [-0.1, -0.05) is 0 Å². The van der Waals surface area contributed by atoms with Crippen LogP contribution < -0.4 is 10.2 Å². The lowest BCUT2D eigenvalue weighted by Crippen LogP contribution is -2.25. The summed E-state index contributed by atoms with van der Waals surface area (Å²) < 4.78 is 0. The van der Waals surface area contributed by atoms with E-state index in [0.717, 1.165) is 17.9 Å². The van der Waals surface area contributed by atoms with Crippen LogP contribution in [0.4, 0.5) is 5.82 Å². The fraction of sp³-hybridized carbons (Fsp3) is 0.438. The zero-order chi connectivity index (χ0) is 16.1. The third-order valence-electron chi connectivity index (χ3n) is 3.34. The molecule has 2 aromatic rings. The molecule has 6 heteroatoms. The van der Waals surface area contributed by atoms with Gasteiger partial charge in [0, 0.05) is 37.2 Å². The highest BCUT2D eigenvalue weighted by molar-refractivity contribution is 7.10. The minimum Gasteiger partial charge on any atom is -0.363 e. The summed E-state index contributed by atoms with van der Waals surface area (Å²) in [6.45, 7) is 4.37. The molecule has 0 saturated heterocycles. The van der Waals surface area contributed by atoms with Gasteiger partial charge in [-0.25, -0.2) is 9.97 Å². The Morgan fingerprint density at radius 2 is 2.09 bits per heavy atom. The summed E-state index contributed by atoms with van der Waals surface area (Å²) in [4.78, 5) is 24.0. The molecule has 2 rings (SSSR count). The quantitative estimate of drug-likeness (QED) is 0.889. The van der Waals surface area contributed by atoms with E-state index in [1.54, 1.807) is 11.3 Å². The molecule has 0 fully saturated rings. The van der Waals surface area contributed by atoms with Gasteiger partial charge >= 0.3 is 0 Å². The number of thiophene rings is 1. The van der Waals surface area contributed by atoms with Gasteiger partial charge in [-0.2, -0.15) is 0 Å². The van der Waals surface area contributed by atoms with Crippen LogP contribution in [0.25, 0.3) is 0 Å². The van der Waals surface area contributed by atoms with Crippen LogP contribution in [-0.4, -0.2) is 30.0 Å². The summed E-state index contributed by atoms with van der Waals surface area (Å²) in [7, 11) is 3.88. The standard InChI is InChI=1S/C16H22N4OS/c1-11-7-8-22-13(11)5-6-16(21)17-10-14-18-12(2)9-15(19-14)20(3)4/h7-9H,5-6,10H2,1-4H3,(H,17,21).